The van der Waals surface area contributed by atoms with Crippen LogP contribution in [0.1, 0.15) is 19.3 Å². The first kappa shape index (κ1) is 14.3. The molecule has 1 fully saturated rings. The molecular formula is C12H18N4O4. The molecule has 0 bridgehead atoms. The summed E-state index contributed by atoms with van der Waals surface area (Å²) in [7, 11) is 0. The molecule has 8 nitrogen and oxygen atoms in total. The van der Waals surface area contributed by atoms with Crippen molar-refractivity contribution in [2.45, 2.75) is 31.9 Å². The Morgan fingerprint density at radius 3 is 3.10 bits per heavy atom. The highest BCUT2D eigenvalue weighted by Gasteiger charge is 2.15. The molecule has 1 unspecified atom stereocenters. The average molecular weight is 282 g/mol. The molecule has 1 aromatic heterocycles. The lowest BCUT2D eigenvalue weighted by atomic mass is 10.2. The molecule has 0 aliphatic carbocycles. The summed E-state index contributed by atoms with van der Waals surface area (Å²) < 4.78 is 6.69. The fraction of sp³-hybridized carbons (Fsp3) is 0.583. The van der Waals surface area contributed by atoms with Gasteiger partial charge in [-0.05, 0) is 19.3 Å². The summed E-state index contributed by atoms with van der Waals surface area (Å²) in [6, 6.07) is -0.335. The van der Waals surface area contributed by atoms with E-state index in [0.29, 0.717) is 12.2 Å². The molecule has 2 rings (SSSR count). The second-order valence-electron chi connectivity index (χ2n) is 4.62. The Morgan fingerprint density at radius 2 is 2.40 bits per heavy atom. The molecule has 0 radical (unpaired) electrons. The van der Waals surface area contributed by atoms with E-state index in [1.807, 2.05) is 0 Å². The van der Waals surface area contributed by atoms with Crippen LogP contribution in [-0.2, 0) is 16.1 Å². The molecule has 110 valence electrons. The Morgan fingerprint density at radius 1 is 1.55 bits per heavy atom. The first-order chi connectivity index (χ1) is 9.63. The first-order valence-corrected chi connectivity index (χ1v) is 6.54. The van der Waals surface area contributed by atoms with Crippen molar-refractivity contribution in [3.8, 4) is 0 Å². The van der Waals surface area contributed by atoms with Gasteiger partial charge in [0, 0.05) is 19.3 Å². The van der Waals surface area contributed by atoms with Gasteiger partial charge in [0.1, 0.15) is 6.54 Å². The number of carboxylic acid groups (broad SMARTS) is 1. The van der Waals surface area contributed by atoms with Gasteiger partial charge in [-0.1, -0.05) is 0 Å². The lowest BCUT2D eigenvalue weighted by molar-refractivity contribution is -0.137. The van der Waals surface area contributed by atoms with E-state index in [4.69, 9.17) is 9.84 Å². The maximum Gasteiger partial charge on any atom is 0.325 e. The third kappa shape index (κ3) is 4.54. The number of anilines is 1. The molecule has 0 aromatic carbocycles. The Bertz CT molecular complexity index is 468. The Labute approximate surface area is 116 Å². The highest BCUT2D eigenvalue weighted by atomic mass is 16.5. The Kier molecular flexibility index (Phi) is 4.94. The summed E-state index contributed by atoms with van der Waals surface area (Å²) in [6.07, 6.45) is 6.04. The van der Waals surface area contributed by atoms with Gasteiger partial charge in [-0.25, -0.2) is 4.79 Å². The van der Waals surface area contributed by atoms with Crippen LogP contribution < -0.4 is 10.6 Å². The van der Waals surface area contributed by atoms with E-state index in [1.165, 1.54) is 17.1 Å². The summed E-state index contributed by atoms with van der Waals surface area (Å²) in [5, 5.41) is 17.8. The van der Waals surface area contributed by atoms with Crippen molar-refractivity contribution < 1.29 is 19.4 Å². The number of ether oxygens (including phenoxy) is 1. The van der Waals surface area contributed by atoms with Crippen LogP contribution >= 0.6 is 0 Å². The smallest absolute Gasteiger partial charge is 0.325 e. The van der Waals surface area contributed by atoms with Gasteiger partial charge < -0.3 is 20.5 Å². The summed E-state index contributed by atoms with van der Waals surface area (Å²) in [4.78, 5) is 22.1. The maximum absolute atomic E-state index is 11.6. The SMILES string of the molecule is O=C(O)Cn1cc(NC(=O)NCCC2CCCO2)cn1. The molecular weight excluding hydrogens is 264 g/mol. The van der Waals surface area contributed by atoms with Crippen molar-refractivity contribution in [2.75, 3.05) is 18.5 Å². The van der Waals surface area contributed by atoms with Gasteiger partial charge in [-0.15, -0.1) is 0 Å². The predicted octanol–water partition coefficient (Wildman–Crippen LogP) is 0.658. The molecule has 0 saturated carbocycles. The second-order valence-corrected chi connectivity index (χ2v) is 4.62. The van der Waals surface area contributed by atoms with Gasteiger partial charge >= 0.3 is 12.0 Å². The van der Waals surface area contributed by atoms with Crippen molar-refractivity contribution in [1.82, 2.24) is 15.1 Å². The zero-order chi connectivity index (χ0) is 14.4. The van der Waals surface area contributed by atoms with Gasteiger partial charge in [0.15, 0.2) is 0 Å². The molecule has 1 aliphatic rings. The van der Waals surface area contributed by atoms with E-state index in [0.717, 1.165) is 25.9 Å². The lowest BCUT2D eigenvalue weighted by Gasteiger charge is -2.10. The van der Waals surface area contributed by atoms with E-state index in [2.05, 4.69) is 15.7 Å². The molecule has 2 heterocycles. The number of amides is 2. The third-order valence-corrected chi connectivity index (χ3v) is 2.96. The minimum atomic E-state index is -0.985. The molecule has 2 amide bonds. The van der Waals surface area contributed by atoms with Gasteiger partial charge in [0.25, 0.3) is 0 Å². The highest BCUT2D eigenvalue weighted by molar-refractivity contribution is 5.88. The van der Waals surface area contributed by atoms with Crippen LogP contribution in [0.2, 0.25) is 0 Å². The number of nitrogens with zero attached hydrogens (tertiary/aromatic N) is 2. The van der Waals surface area contributed by atoms with Crippen LogP contribution in [0.3, 0.4) is 0 Å². The summed E-state index contributed by atoms with van der Waals surface area (Å²) in [5.41, 5.74) is 0.459. The van der Waals surface area contributed by atoms with Gasteiger partial charge in [0.2, 0.25) is 0 Å². The van der Waals surface area contributed by atoms with Crippen molar-refractivity contribution >= 4 is 17.7 Å². The van der Waals surface area contributed by atoms with E-state index in [1.54, 1.807) is 0 Å². The molecule has 1 saturated heterocycles. The molecule has 0 spiro atoms. The molecule has 3 N–H and O–H groups in total. The number of carbonyl (C=O) groups is 2. The Hall–Kier alpha value is -2.09. The summed E-state index contributed by atoms with van der Waals surface area (Å²) in [6.45, 7) is 1.11. The minimum Gasteiger partial charge on any atom is -0.480 e. The molecule has 8 heteroatoms. The first-order valence-electron chi connectivity index (χ1n) is 6.54. The number of hydrogen-bond donors (Lipinski definition) is 3. The second kappa shape index (κ2) is 6.90. The molecule has 20 heavy (non-hydrogen) atoms. The van der Waals surface area contributed by atoms with Crippen molar-refractivity contribution in [1.29, 1.82) is 0 Å². The number of rotatable bonds is 6. The van der Waals surface area contributed by atoms with Crippen molar-refractivity contribution in [3.63, 3.8) is 0 Å². The number of hydrogen-bond acceptors (Lipinski definition) is 4. The van der Waals surface area contributed by atoms with E-state index >= 15 is 0 Å². The topological polar surface area (TPSA) is 105 Å². The average Bonchev–Trinajstić information content (AvgIpc) is 3.00. The standard InChI is InChI=1S/C12H18N4O4/c17-11(18)8-16-7-9(6-14-16)15-12(19)13-4-3-10-2-1-5-20-10/h6-7,10H,1-5,8H2,(H,17,18)(H2,13,15,19). The zero-order valence-electron chi connectivity index (χ0n) is 11.0. The predicted molar refractivity (Wildman–Crippen MR) is 70.5 cm³/mol. The van der Waals surface area contributed by atoms with Crippen LogP contribution in [0.15, 0.2) is 12.4 Å². The number of carbonyl (C=O) groups excluding carboxylic acids is 1. The molecule has 1 aliphatic heterocycles. The molecule has 1 aromatic rings. The van der Waals surface area contributed by atoms with E-state index < -0.39 is 5.97 Å². The monoisotopic (exact) mass is 282 g/mol. The van der Waals surface area contributed by atoms with Crippen molar-refractivity contribution in [2.24, 2.45) is 0 Å². The number of nitrogens with one attached hydrogen (secondary N) is 2. The number of aliphatic carboxylic acids is 1. The fourth-order valence-corrected chi connectivity index (χ4v) is 2.05. The van der Waals surface area contributed by atoms with Crippen LogP contribution in [-0.4, -0.2) is 46.1 Å². The van der Waals surface area contributed by atoms with Gasteiger partial charge in [0.05, 0.1) is 18.0 Å². The highest BCUT2D eigenvalue weighted by Crippen LogP contribution is 2.14. The normalized spacial score (nSPS) is 17.9. The number of urea groups is 1. The van der Waals surface area contributed by atoms with Crippen LogP contribution in [0.5, 0.6) is 0 Å². The van der Waals surface area contributed by atoms with Crippen LogP contribution in [0, 0.1) is 0 Å². The number of aromatic nitrogens is 2. The number of carboxylic acids is 1. The summed E-state index contributed by atoms with van der Waals surface area (Å²) >= 11 is 0. The van der Waals surface area contributed by atoms with Gasteiger partial charge in [-0.2, -0.15) is 5.10 Å². The quantitative estimate of drug-likeness (QED) is 0.710. The van der Waals surface area contributed by atoms with Crippen LogP contribution in [0.4, 0.5) is 10.5 Å². The van der Waals surface area contributed by atoms with E-state index in [-0.39, 0.29) is 18.7 Å². The largest absolute Gasteiger partial charge is 0.480 e. The third-order valence-electron chi connectivity index (χ3n) is 2.96. The van der Waals surface area contributed by atoms with E-state index in [9.17, 15) is 9.59 Å². The minimum absolute atomic E-state index is 0.234. The summed E-state index contributed by atoms with van der Waals surface area (Å²) in [5.74, 6) is -0.985. The van der Waals surface area contributed by atoms with Crippen molar-refractivity contribution in [3.05, 3.63) is 12.4 Å². The molecule has 1 atom stereocenters. The van der Waals surface area contributed by atoms with Gasteiger partial charge in [-0.3, -0.25) is 9.48 Å². The fourth-order valence-electron chi connectivity index (χ4n) is 2.05. The van der Waals surface area contributed by atoms with Crippen LogP contribution in [0.25, 0.3) is 0 Å². The Balaban J connectivity index is 1.68. The zero-order valence-corrected chi connectivity index (χ0v) is 11.0. The lowest BCUT2D eigenvalue weighted by Crippen LogP contribution is -2.31. The maximum atomic E-state index is 11.6.